The van der Waals surface area contributed by atoms with Crippen molar-refractivity contribution in [3.63, 3.8) is 0 Å². The van der Waals surface area contributed by atoms with Crippen LogP contribution in [0.15, 0.2) is 40.6 Å². The average Bonchev–Trinajstić information content (AvgIpc) is 2.97. The summed E-state index contributed by atoms with van der Waals surface area (Å²) in [5.41, 5.74) is 0.902. The summed E-state index contributed by atoms with van der Waals surface area (Å²) >= 11 is 1.33. The number of hydrogen-bond donors (Lipinski definition) is 1. The van der Waals surface area contributed by atoms with Gasteiger partial charge in [0.05, 0.1) is 12.6 Å². The third-order valence-corrected chi connectivity index (χ3v) is 6.70. The molecule has 1 aliphatic heterocycles. The van der Waals surface area contributed by atoms with Crippen molar-refractivity contribution in [1.29, 1.82) is 0 Å². The van der Waals surface area contributed by atoms with E-state index in [1.165, 1.54) is 11.3 Å². The molecule has 0 radical (unpaired) electrons. The first kappa shape index (κ1) is 14.6. The third kappa shape index (κ3) is 2.97. The molecule has 0 amide bonds. The molecule has 2 aromatic rings. The minimum absolute atomic E-state index is 0.230. The number of benzene rings is 1. The highest BCUT2D eigenvalue weighted by atomic mass is 32.2. The van der Waals surface area contributed by atoms with Crippen LogP contribution in [0.5, 0.6) is 5.75 Å². The van der Waals surface area contributed by atoms with E-state index in [9.17, 15) is 8.42 Å². The maximum absolute atomic E-state index is 12.5. The lowest BCUT2D eigenvalue weighted by molar-refractivity contribution is 0.263. The lowest BCUT2D eigenvalue weighted by atomic mass is 10.0. The van der Waals surface area contributed by atoms with Gasteiger partial charge in [0, 0.05) is 16.9 Å². The van der Waals surface area contributed by atoms with Crippen molar-refractivity contribution in [2.24, 2.45) is 0 Å². The normalized spacial score (nSPS) is 18.0. The Morgan fingerprint density at radius 1 is 1.29 bits per heavy atom. The zero-order valence-corrected chi connectivity index (χ0v) is 13.3. The van der Waals surface area contributed by atoms with Crippen molar-refractivity contribution in [2.75, 3.05) is 6.61 Å². The molecule has 0 saturated heterocycles. The summed E-state index contributed by atoms with van der Waals surface area (Å²) in [4.78, 5) is 1.07. The predicted octanol–water partition coefficient (Wildman–Crippen LogP) is 3.11. The van der Waals surface area contributed by atoms with Gasteiger partial charge in [0.15, 0.2) is 0 Å². The maximum atomic E-state index is 12.5. The van der Waals surface area contributed by atoms with E-state index in [1.54, 1.807) is 6.07 Å². The van der Waals surface area contributed by atoms with Crippen molar-refractivity contribution >= 4 is 21.4 Å². The van der Waals surface area contributed by atoms with Gasteiger partial charge in [-0.15, -0.1) is 11.3 Å². The molecular weight excluding hydrogens is 306 g/mol. The molecule has 1 N–H and O–H groups in total. The first-order chi connectivity index (χ1) is 10.1. The minimum atomic E-state index is -3.48. The molecular formula is C15H17NO3S2. The van der Waals surface area contributed by atoms with Crippen LogP contribution in [0.2, 0.25) is 0 Å². The number of aryl methyl sites for hydroxylation is 1. The number of ether oxygens (including phenoxy) is 1. The second kappa shape index (κ2) is 5.79. The molecule has 3 rings (SSSR count). The molecule has 21 heavy (non-hydrogen) atoms. The number of thiophene rings is 1. The zero-order valence-electron chi connectivity index (χ0n) is 11.7. The van der Waals surface area contributed by atoms with Gasteiger partial charge in [0.25, 0.3) is 10.0 Å². The van der Waals surface area contributed by atoms with Crippen LogP contribution in [0, 0.1) is 0 Å². The van der Waals surface area contributed by atoms with Crippen molar-refractivity contribution < 1.29 is 13.2 Å². The first-order valence-electron chi connectivity index (χ1n) is 6.93. The second-order valence-electron chi connectivity index (χ2n) is 4.92. The fourth-order valence-corrected chi connectivity index (χ4v) is 4.96. The van der Waals surface area contributed by atoms with Gasteiger partial charge in [-0.05, 0) is 24.6 Å². The van der Waals surface area contributed by atoms with Crippen LogP contribution in [-0.2, 0) is 16.4 Å². The predicted molar refractivity (Wildman–Crippen MR) is 83.3 cm³/mol. The monoisotopic (exact) mass is 323 g/mol. The van der Waals surface area contributed by atoms with Crippen molar-refractivity contribution in [2.45, 2.75) is 30.0 Å². The molecule has 4 nitrogen and oxygen atoms in total. The van der Waals surface area contributed by atoms with Crippen LogP contribution < -0.4 is 9.46 Å². The van der Waals surface area contributed by atoms with Crippen LogP contribution in [-0.4, -0.2) is 15.0 Å². The van der Waals surface area contributed by atoms with E-state index in [-0.39, 0.29) is 6.04 Å². The third-order valence-electron chi connectivity index (χ3n) is 3.51. The molecule has 1 atom stereocenters. The molecule has 0 saturated carbocycles. The number of fused-ring (bicyclic) bond motifs is 1. The van der Waals surface area contributed by atoms with E-state index in [4.69, 9.17) is 4.74 Å². The van der Waals surface area contributed by atoms with Crippen molar-refractivity contribution in [1.82, 2.24) is 4.72 Å². The minimum Gasteiger partial charge on any atom is -0.493 e. The largest absolute Gasteiger partial charge is 0.493 e. The molecule has 6 heteroatoms. The summed E-state index contributed by atoms with van der Waals surface area (Å²) in [5, 5.41) is 0. The molecule has 1 unspecified atom stereocenters. The Morgan fingerprint density at radius 3 is 2.86 bits per heavy atom. The average molecular weight is 323 g/mol. The van der Waals surface area contributed by atoms with Crippen LogP contribution in [0.4, 0.5) is 0 Å². The van der Waals surface area contributed by atoms with Gasteiger partial charge < -0.3 is 4.74 Å². The fraction of sp³-hybridized carbons (Fsp3) is 0.333. The van der Waals surface area contributed by atoms with Crippen LogP contribution >= 0.6 is 11.3 Å². The summed E-state index contributed by atoms with van der Waals surface area (Å²) in [7, 11) is -3.48. The number of sulfonamides is 1. The number of rotatable bonds is 4. The molecule has 1 aromatic heterocycles. The molecule has 1 aromatic carbocycles. The summed E-state index contributed by atoms with van der Waals surface area (Å²) in [6.07, 6.45) is 1.49. The second-order valence-corrected chi connectivity index (χ2v) is 8.03. The van der Waals surface area contributed by atoms with Gasteiger partial charge in [-0.1, -0.05) is 25.1 Å². The lowest BCUT2D eigenvalue weighted by Gasteiger charge is -2.26. The summed E-state index contributed by atoms with van der Waals surface area (Å²) in [6.45, 7) is 2.54. The van der Waals surface area contributed by atoms with E-state index in [0.717, 1.165) is 22.6 Å². The number of nitrogens with one attached hydrogen (secondary N) is 1. The van der Waals surface area contributed by atoms with Gasteiger partial charge in [-0.25, -0.2) is 13.1 Å². The van der Waals surface area contributed by atoms with Gasteiger partial charge in [0.2, 0.25) is 0 Å². The fourth-order valence-electron chi connectivity index (χ4n) is 2.40. The Hall–Kier alpha value is -1.37. The SMILES string of the molecule is CCc1ccc(S(=O)(=O)NC2CCOc3ccccc32)s1. The molecule has 0 aliphatic carbocycles. The quantitative estimate of drug-likeness (QED) is 0.940. The van der Waals surface area contributed by atoms with Gasteiger partial charge >= 0.3 is 0 Å². The van der Waals surface area contributed by atoms with Crippen LogP contribution in [0.1, 0.15) is 29.8 Å². The molecule has 1 aliphatic rings. The number of hydrogen-bond acceptors (Lipinski definition) is 4. The Labute approximate surface area is 128 Å². The molecule has 2 heterocycles. The first-order valence-corrected chi connectivity index (χ1v) is 9.23. The smallest absolute Gasteiger partial charge is 0.250 e. The van der Waals surface area contributed by atoms with Crippen molar-refractivity contribution in [3.05, 3.63) is 46.8 Å². The van der Waals surface area contributed by atoms with Crippen LogP contribution in [0.3, 0.4) is 0 Å². The Bertz CT molecular complexity index is 737. The van der Waals surface area contributed by atoms with E-state index < -0.39 is 10.0 Å². The van der Waals surface area contributed by atoms with E-state index in [2.05, 4.69) is 4.72 Å². The highest BCUT2D eigenvalue weighted by Gasteiger charge is 2.27. The van der Waals surface area contributed by atoms with Gasteiger partial charge in [-0.3, -0.25) is 0 Å². The summed E-state index contributed by atoms with van der Waals surface area (Å²) < 4.78 is 33.7. The Kier molecular flexibility index (Phi) is 4.01. The molecule has 0 bridgehead atoms. The van der Waals surface area contributed by atoms with Gasteiger partial charge in [-0.2, -0.15) is 0 Å². The highest BCUT2D eigenvalue weighted by molar-refractivity contribution is 7.91. The van der Waals surface area contributed by atoms with E-state index in [1.807, 2.05) is 37.3 Å². The van der Waals surface area contributed by atoms with Crippen molar-refractivity contribution in [3.8, 4) is 5.75 Å². The summed E-state index contributed by atoms with van der Waals surface area (Å²) in [6, 6.07) is 10.9. The van der Waals surface area contributed by atoms with Crippen LogP contribution in [0.25, 0.3) is 0 Å². The Balaban J connectivity index is 1.86. The van der Waals surface area contributed by atoms with Gasteiger partial charge in [0.1, 0.15) is 9.96 Å². The molecule has 0 fully saturated rings. The standard InChI is InChI=1S/C15H17NO3S2/c1-2-11-7-8-15(20-11)21(17,18)16-13-9-10-19-14-6-4-3-5-12(13)14/h3-8,13,16H,2,9-10H2,1H3. The summed E-state index contributed by atoms with van der Waals surface area (Å²) in [5.74, 6) is 0.761. The van der Waals surface area contributed by atoms with E-state index in [0.29, 0.717) is 17.2 Å². The molecule has 112 valence electrons. The number of para-hydroxylation sites is 1. The zero-order chi connectivity index (χ0) is 14.9. The maximum Gasteiger partial charge on any atom is 0.250 e. The Morgan fingerprint density at radius 2 is 2.10 bits per heavy atom. The topological polar surface area (TPSA) is 55.4 Å². The highest BCUT2D eigenvalue weighted by Crippen LogP contribution is 2.33. The lowest BCUT2D eigenvalue weighted by Crippen LogP contribution is -2.31. The molecule has 0 spiro atoms. The van der Waals surface area contributed by atoms with E-state index >= 15 is 0 Å².